The number of hydrogen-bond donors (Lipinski definition) is 2. The molecular formula is C11H22N2O2. The molecule has 0 aromatic rings. The third kappa shape index (κ3) is 5.14. The summed E-state index contributed by atoms with van der Waals surface area (Å²) in [5.41, 5.74) is 0. The summed E-state index contributed by atoms with van der Waals surface area (Å²) < 4.78 is 5.42. The van der Waals surface area contributed by atoms with Crippen LogP contribution in [0.3, 0.4) is 0 Å². The van der Waals surface area contributed by atoms with Crippen molar-refractivity contribution in [2.24, 2.45) is 0 Å². The Kier molecular flexibility index (Phi) is 5.05. The number of carbonyl (C=O) groups is 1. The van der Waals surface area contributed by atoms with Crippen molar-refractivity contribution in [3.05, 3.63) is 0 Å². The fourth-order valence-corrected chi connectivity index (χ4v) is 1.70. The Bertz CT molecular complexity index is 207. The molecule has 2 atom stereocenters. The van der Waals surface area contributed by atoms with Crippen LogP contribution in [0.2, 0.25) is 0 Å². The lowest BCUT2D eigenvalue weighted by molar-refractivity contribution is -0.122. The highest BCUT2D eigenvalue weighted by Gasteiger charge is 2.20. The summed E-state index contributed by atoms with van der Waals surface area (Å²) >= 11 is 0. The van der Waals surface area contributed by atoms with Crippen LogP contribution in [-0.4, -0.2) is 37.2 Å². The summed E-state index contributed by atoms with van der Waals surface area (Å²) in [7, 11) is 0. The molecule has 0 bridgehead atoms. The summed E-state index contributed by atoms with van der Waals surface area (Å²) in [4.78, 5) is 11.5. The minimum absolute atomic E-state index is 0.0859. The monoisotopic (exact) mass is 214 g/mol. The molecule has 4 heteroatoms. The molecule has 1 heterocycles. The lowest BCUT2D eigenvalue weighted by Gasteiger charge is -2.28. The van der Waals surface area contributed by atoms with Crippen LogP contribution in [-0.2, 0) is 9.53 Å². The standard InChI is InChI=1S/C11H22N2O2/c1-8(2)12-7-11(14)13-10-4-5-15-9(3)6-10/h8-10,12H,4-7H2,1-3H3,(H,13,14). The predicted molar refractivity (Wildman–Crippen MR) is 59.7 cm³/mol. The van der Waals surface area contributed by atoms with Gasteiger partial charge in [-0.15, -0.1) is 0 Å². The van der Waals surface area contributed by atoms with E-state index in [0.29, 0.717) is 12.6 Å². The third-order valence-corrected chi connectivity index (χ3v) is 2.52. The highest BCUT2D eigenvalue weighted by molar-refractivity contribution is 5.78. The Labute approximate surface area is 91.8 Å². The van der Waals surface area contributed by atoms with Crippen LogP contribution < -0.4 is 10.6 Å². The van der Waals surface area contributed by atoms with E-state index in [-0.39, 0.29) is 18.1 Å². The van der Waals surface area contributed by atoms with Gasteiger partial charge in [-0.25, -0.2) is 0 Å². The smallest absolute Gasteiger partial charge is 0.234 e. The van der Waals surface area contributed by atoms with E-state index in [9.17, 15) is 4.79 Å². The Morgan fingerprint density at radius 3 is 2.87 bits per heavy atom. The molecule has 1 aliphatic heterocycles. The first kappa shape index (κ1) is 12.5. The van der Waals surface area contributed by atoms with E-state index >= 15 is 0 Å². The second-order valence-corrected chi connectivity index (χ2v) is 4.51. The number of amides is 1. The molecule has 0 saturated carbocycles. The van der Waals surface area contributed by atoms with Crippen molar-refractivity contribution >= 4 is 5.91 Å². The van der Waals surface area contributed by atoms with Crippen LogP contribution in [0, 0.1) is 0 Å². The average Bonchev–Trinajstić information content (AvgIpc) is 2.15. The quantitative estimate of drug-likeness (QED) is 0.723. The zero-order valence-corrected chi connectivity index (χ0v) is 9.88. The summed E-state index contributed by atoms with van der Waals surface area (Å²) in [5, 5.41) is 6.13. The molecule has 0 radical (unpaired) electrons. The maximum atomic E-state index is 11.5. The van der Waals surface area contributed by atoms with Gasteiger partial charge in [0.1, 0.15) is 0 Å². The number of carbonyl (C=O) groups excluding carboxylic acids is 1. The Morgan fingerprint density at radius 1 is 1.53 bits per heavy atom. The largest absolute Gasteiger partial charge is 0.378 e. The molecule has 0 aromatic carbocycles. The van der Waals surface area contributed by atoms with Gasteiger partial charge in [0.15, 0.2) is 0 Å². The van der Waals surface area contributed by atoms with Gasteiger partial charge in [-0.1, -0.05) is 13.8 Å². The van der Waals surface area contributed by atoms with Gasteiger partial charge in [0.05, 0.1) is 12.6 Å². The maximum Gasteiger partial charge on any atom is 0.234 e. The van der Waals surface area contributed by atoms with E-state index in [4.69, 9.17) is 4.74 Å². The molecule has 0 aromatic heterocycles. The van der Waals surface area contributed by atoms with Crippen molar-refractivity contribution in [2.75, 3.05) is 13.2 Å². The van der Waals surface area contributed by atoms with E-state index in [2.05, 4.69) is 10.6 Å². The fraction of sp³-hybridized carbons (Fsp3) is 0.909. The van der Waals surface area contributed by atoms with Crippen molar-refractivity contribution in [1.82, 2.24) is 10.6 Å². The topological polar surface area (TPSA) is 50.4 Å². The lowest BCUT2D eigenvalue weighted by Crippen LogP contribution is -2.45. The van der Waals surface area contributed by atoms with E-state index in [1.165, 1.54) is 0 Å². The second kappa shape index (κ2) is 6.08. The lowest BCUT2D eigenvalue weighted by atomic mass is 10.0. The Morgan fingerprint density at radius 2 is 2.27 bits per heavy atom. The van der Waals surface area contributed by atoms with Crippen LogP contribution in [0.4, 0.5) is 0 Å². The molecule has 0 aliphatic carbocycles. The molecule has 4 nitrogen and oxygen atoms in total. The highest BCUT2D eigenvalue weighted by Crippen LogP contribution is 2.12. The molecule has 15 heavy (non-hydrogen) atoms. The van der Waals surface area contributed by atoms with Crippen LogP contribution >= 0.6 is 0 Å². The summed E-state index contributed by atoms with van der Waals surface area (Å²) in [5.74, 6) is 0.0859. The van der Waals surface area contributed by atoms with Crippen molar-refractivity contribution < 1.29 is 9.53 Å². The van der Waals surface area contributed by atoms with Gasteiger partial charge < -0.3 is 15.4 Å². The molecule has 0 spiro atoms. The molecule has 1 saturated heterocycles. The van der Waals surface area contributed by atoms with Crippen LogP contribution in [0.15, 0.2) is 0 Å². The normalized spacial score (nSPS) is 26.7. The van der Waals surface area contributed by atoms with Gasteiger partial charge >= 0.3 is 0 Å². The first-order valence-electron chi connectivity index (χ1n) is 5.72. The number of ether oxygens (including phenoxy) is 1. The van der Waals surface area contributed by atoms with E-state index < -0.39 is 0 Å². The summed E-state index contributed by atoms with van der Waals surface area (Å²) in [6.45, 7) is 7.27. The van der Waals surface area contributed by atoms with E-state index in [1.54, 1.807) is 0 Å². The summed E-state index contributed by atoms with van der Waals surface area (Å²) in [6.07, 6.45) is 2.12. The first-order chi connectivity index (χ1) is 7.08. The van der Waals surface area contributed by atoms with Crippen LogP contribution in [0.25, 0.3) is 0 Å². The third-order valence-electron chi connectivity index (χ3n) is 2.52. The number of hydrogen-bond acceptors (Lipinski definition) is 3. The molecule has 2 N–H and O–H groups in total. The van der Waals surface area contributed by atoms with Gasteiger partial charge in [0, 0.05) is 18.7 Å². The second-order valence-electron chi connectivity index (χ2n) is 4.51. The van der Waals surface area contributed by atoms with Crippen molar-refractivity contribution in [3.8, 4) is 0 Å². The molecule has 1 amide bonds. The average molecular weight is 214 g/mol. The van der Waals surface area contributed by atoms with Crippen molar-refractivity contribution in [2.45, 2.75) is 51.8 Å². The zero-order valence-electron chi connectivity index (χ0n) is 9.88. The number of rotatable bonds is 4. The van der Waals surface area contributed by atoms with E-state index in [1.807, 2.05) is 20.8 Å². The molecular weight excluding hydrogens is 192 g/mol. The Balaban J connectivity index is 2.19. The molecule has 1 aliphatic rings. The summed E-state index contributed by atoms with van der Waals surface area (Å²) in [6, 6.07) is 0.638. The first-order valence-corrected chi connectivity index (χ1v) is 5.72. The van der Waals surface area contributed by atoms with Crippen LogP contribution in [0.1, 0.15) is 33.6 Å². The molecule has 88 valence electrons. The van der Waals surface area contributed by atoms with Gasteiger partial charge in [-0.2, -0.15) is 0 Å². The van der Waals surface area contributed by atoms with Gasteiger partial charge in [0.25, 0.3) is 0 Å². The van der Waals surface area contributed by atoms with Gasteiger partial charge in [0.2, 0.25) is 5.91 Å². The minimum Gasteiger partial charge on any atom is -0.378 e. The zero-order chi connectivity index (χ0) is 11.3. The van der Waals surface area contributed by atoms with Crippen LogP contribution in [0.5, 0.6) is 0 Å². The van der Waals surface area contributed by atoms with Gasteiger partial charge in [-0.05, 0) is 19.8 Å². The Hall–Kier alpha value is -0.610. The van der Waals surface area contributed by atoms with Crippen molar-refractivity contribution in [1.29, 1.82) is 0 Å². The van der Waals surface area contributed by atoms with Gasteiger partial charge in [-0.3, -0.25) is 4.79 Å². The van der Waals surface area contributed by atoms with Crippen molar-refractivity contribution in [3.63, 3.8) is 0 Å². The molecule has 1 fully saturated rings. The molecule has 2 unspecified atom stereocenters. The maximum absolute atomic E-state index is 11.5. The predicted octanol–water partition coefficient (Wildman–Crippen LogP) is 0.668. The molecule has 1 rings (SSSR count). The SMILES string of the molecule is CC(C)NCC(=O)NC1CCOC(C)C1. The highest BCUT2D eigenvalue weighted by atomic mass is 16.5. The number of nitrogens with one attached hydrogen (secondary N) is 2. The fourth-order valence-electron chi connectivity index (χ4n) is 1.70. The minimum atomic E-state index is 0.0859. The van der Waals surface area contributed by atoms with E-state index in [0.717, 1.165) is 19.4 Å².